The van der Waals surface area contributed by atoms with Crippen molar-refractivity contribution in [3.05, 3.63) is 29.8 Å². The molecular weight excluding hydrogens is 318 g/mol. The van der Waals surface area contributed by atoms with Crippen LogP contribution in [0.3, 0.4) is 0 Å². The molecule has 1 saturated heterocycles. The van der Waals surface area contributed by atoms with Crippen LogP contribution in [0.4, 0.5) is 5.69 Å². The number of hydrogen-bond acceptors (Lipinski definition) is 4. The van der Waals surface area contributed by atoms with Crippen molar-refractivity contribution in [3.63, 3.8) is 0 Å². The first kappa shape index (κ1) is 19.4. The van der Waals surface area contributed by atoms with Crippen molar-refractivity contribution in [2.75, 3.05) is 44.7 Å². The summed E-state index contributed by atoms with van der Waals surface area (Å²) in [6.45, 7) is 9.01. The largest absolute Gasteiger partial charge is 0.379 e. The monoisotopic (exact) mass is 347 g/mol. The molecule has 1 atom stereocenters. The Kier molecular flexibility index (Phi) is 7.88. The maximum atomic E-state index is 12.1. The predicted molar refractivity (Wildman–Crippen MR) is 98.7 cm³/mol. The molecule has 2 rings (SSSR count). The van der Waals surface area contributed by atoms with Gasteiger partial charge in [-0.3, -0.25) is 14.5 Å². The molecule has 0 spiro atoms. The fourth-order valence-electron chi connectivity index (χ4n) is 2.85. The van der Waals surface area contributed by atoms with Crippen molar-refractivity contribution in [1.29, 1.82) is 0 Å². The summed E-state index contributed by atoms with van der Waals surface area (Å²) in [5, 5.41) is 5.43. The predicted octanol–water partition coefficient (Wildman–Crippen LogP) is 1.98. The van der Waals surface area contributed by atoms with Crippen LogP contribution in [0.15, 0.2) is 24.3 Å². The van der Waals surface area contributed by atoms with E-state index in [0.29, 0.717) is 18.2 Å². The molecule has 1 unspecified atom stereocenters. The van der Waals surface area contributed by atoms with Gasteiger partial charge < -0.3 is 15.4 Å². The van der Waals surface area contributed by atoms with Crippen molar-refractivity contribution in [1.82, 2.24) is 10.2 Å². The fourth-order valence-corrected chi connectivity index (χ4v) is 2.85. The average molecular weight is 347 g/mol. The van der Waals surface area contributed by atoms with Crippen LogP contribution in [0.2, 0.25) is 0 Å². The van der Waals surface area contributed by atoms with E-state index in [1.165, 1.54) is 0 Å². The molecule has 0 bridgehead atoms. The maximum Gasteiger partial charge on any atom is 0.313 e. The number of anilines is 1. The van der Waals surface area contributed by atoms with E-state index >= 15 is 0 Å². The van der Waals surface area contributed by atoms with Crippen LogP contribution in [0.5, 0.6) is 0 Å². The summed E-state index contributed by atoms with van der Waals surface area (Å²) in [7, 11) is 0. The van der Waals surface area contributed by atoms with E-state index in [1.54, 1.807) is 0 Å². The number of para-hydroxylation sites is 1. The third kappa shape index (κ3) is 6.14. The normalized spacial score (nSPS) is 16.2. The molecule has 6 heteroatoms. The zero-order valence-electron chi connectivity index (χ0n) is 15.2. The number of rotatable bonds is 7. The molecule has 0 aromatic heterocycles. The van der Waals surface area contributed by atoms with E-state index in [-0.39, 0.29) is 0 Å². The Balaban J connectivity index is 1.75. The Bertz CT molecular complexity index is 571. The van der Waals surface area contributed by atoms with Gasteiger partial charge in [0, 0.05) is 25.3 Å². The molecule has 1 aromatic rings. The summed E-state index contributed by atoms with van der Waals surface area (Å²) in [5.41, 5.74) is 1.77. The highest BCUT2D eigenvalue weighted by Gasteiger charge is 2.16. The van der Waals surface area contributed by atoms with E-state index < -0.39 is 11.8 Å². The van der Waals surface area contributed by atoms with Crippen LogP contribution in [-0.2, 0) is 14.3 Å². The Labute approximate surface area is 149 Å². The Morgan fingerprint density at radius 2 is 1.92 bits per heavy atom. The molecule has 138 valence electrons. The van der Waals surface area contributed by atoms with Gasteiger partial charge in [-0.2, -0.15) is 0 Å². The number of morpholine rings is 1. The maximum absolute atomic E-state index is 12.1. The fraction of sp³-hybridized carbons (Fsp3) is 0.579. The second kappa shape index (κ2) is 10.2. The van der Waals surface area contributed by atoms with Gasteiger partial charge in [0.1, 0.15) is 0 Å². The lowest BCUT2D eigenvalue weighted by molar-refractivity contribution is -0.136. The molecule has 1 aromatic carbocycles. The Morgan fingerprint density at radius 1 is 1.20 bits per heavy atom. The minimum absolute atomic E-state index is 0.327. The number of carbonyl (C=O) groups is 2. The average Bonchev–Trinajstić information content (AvgIpc) is 2.65. The summed E-state index contributed by atoms with van der Waals surface area (Å²) in [6, 6.07) is 7.64. The molecule has 2 amide bonds. The molecule has 1 heterocycles. The van der Waals surface area contributed by atoms with Gasteiger partial charge in [-0.1, -0.05) is 32.0 Å². The smallest absolute Gasteiger partial charge is 0.313 e. The highest BCUT2D eigenvalue weighted by atomic mass is 16.5. The molecule has 2 N–H and O–H groups in total. The Hall–Kier alpha value is -1.92. The van der Waals surface area contributed by atoms with Gasteiger partial charge in [0.15, 0.2) is 0 Å². The standard InChI is InChI=1S/C19H29N3O3/c1-3-15(2)16-7-4-5-8-17(16)21-19(24)18(23)20-9-6-10-22-11-13-25-14-12-22/h4-5,7-8,15H,3,6,9-14H2,1-2H3,(H,20,23)(H,21,24). The number of hydrogen-bond donors (Lipinski definition) is 2. The lowest BCUT2D eigenvalue weighted by atomic mass is 9.97. The summed E-state index contributed by atoms with van der Waals surface area (Å²) in [5.74, 6) is -0.865. The highest BCUT2D eigenvalue weighted by molar-refractivity contribution is 6.39. The number of ether oxygens (including phenoxy) is 1. The van der Waals surface area contributed by atoms with Crippen LogP contribution in [0, 0.1) is 0 Å². The van der Waals surface area contributed by atoms with E-state index in [1.807, 2.05) is 24.3 Å². The minimum Gasteiger partial charge on any atom is -0.379 e. The number of nitrogens with one attached hydrogen (secondary N) is 2. The molecule has 0 radical (unpaired) electrons. The van der Waals surface area contributed by atoms with E-state index in [0.717, 1.165) is 51.3 Å². The minimum atomic E-state index is -0.609. The molecule has 1 aliphatic rings. The lowest BCUT2D eigenvalue weighted by Gasteiger charge is -2.26. The second-order valence-electron chi connectivity index (χ2n) is 6.41. The first-order chi connectivity index (χ1) is 12.1. The van der Waals surface area contributed by atoms with Gasteiger partial charge in [0.05, 0.1) is 13.2 Å². The third-order valence-electron chi connectivity index (χ3n) is 4.60. The quantitative estimate of drug-likeness (QED) is 0.584. The number of amides is 2. The van der Waals surface area contributed by atoms with Gasteiger partial charge in [-0.05, 0) is 36.9 Å². The van der Waals surface area contributed by atoms with Crippen molar-refractivity contribution in [2.45, 2.75) is 32.6 Å². The zero-order chi connectivity index (χ0) is 18.1. The van der Waals surface area contributed by atoms with Crippen LogP contribution in [0.1, 0.15) is 38.2 Å². The summed E-state index contributed by atoms with van der Waals surface area (Å²) in [6.07, 6.45) is 1.79. The molecule has 1 fully saturated rings. The van der Waals surface area contributed by atoms with Gasteiger partial charge in [0.2, 0.25) is 0 Å². The van der Waals surface area contributed by atoms with Gasteiger partial charge in [-0.15, -0.1) is 0 Å². The summed E-state index contributed by atoms with van der Waals surface area (Å²) in [4.78, 5) is 26.4. The van der Waals surface area contributed by atoms with Crippen molar-refractivity contribution in [3.8, 4) is 0 Å². The van der Waals surface area contributed by atoms with Crippen LogP contribution < -0.4 is 10.6 Å². The first-order valence-electron chi connectivity index (χ1n) is 9.10. The zero-order valence-corrected chi connectivity index (χ0v) is 15.2. The number of nitrogens with zero attached hydrogens (tertiary/aromatic N) is 1. The van der Waals surface area contributed by atoms with E-state index in [2.05, 4.69) is 29.4 Å². The molecule has 25 heavy (non-hydrogen) atoms. The highest BCUT2D eigenvalue weighted by Crippen LogP contribution is 2.26. The van der Waals surface area contributed by atoms with Gasteiger partial charge >= 0.3 is 11.8 Å². The number of benzene rings is 1. The molecule has 1 aliphatic heterocycles. The van der Waals surface area contributed by atoms with E-state index in [4.69, 9.17) is 4.74 Å². The molecule has 0 saturated carbocycles. The van der Waals surface area contributed by atoms with Gasteiger partial charge in [0.25, 0.3) is 0 Å². The molecule has 6 nitrogen and oxygen atoms in total. The van der Waals surface area contributed by atoms with Crippen molar-refractivity contribution >= 4 is 17.5 Å². The van der Waals surface area contributed by atoms with Crippen molar-refractivity contribution < 1.29 is 14.3 Å². The van der Waals surface area contributed by atoms with Gasteiger partial charge in [-0.25, -0.2) is 0 Å². The summed E-state index contributed by atoms with van der Waals surface area (Å²) >= 11 is 0. The van der Waals surface area contributed by atoms with Crippen LogP contribution >= 0.6 is 0 Å². The molecular formula is C19H29N3O3. The Morgan fingerprint density at radius 3 is 2.64 bits per heavy atom. The number of carbonyl (C=O) groups excluding carboxylic acids is 2. The SMILES string of the molecule is CCC(C)c1ccccc1NC(=O)C(=O)NCCCN1CCOCC1. The third-order valence-corrected chi connectivity index (χ3v) is 4.60. The second-order valence-corrected chi connectivity index (χ2v) is 6.41. The van der Waals surface area contributed by atoms with Crippen LogP contribution in [0.25, 0.3) is 0 Å². The van der Waals surface area contributed by atoms with Crippen molar-refractivity contribution in [2.24, 2.45) is 0 Å². The topological polar surface area (TPSA) is 70.7 Å². The first-order valence-corrected chi connectivity index (χ1v) is 9.10. The van der Waals surface area contributed by atoms with E-state index in [9.17, 15) is 9.59 Å². The summed E-state index contributed by atoms with van der Waals surface area (Å²) < 4.78 is 5.30. The molecule has 0 aliphatic carbocycles. The van der Waals surface area contributed by atoms with Crippen LogP contribution in [-0.4, -0.2) is 56.1 Å². The lowest BCUT2D eigenvalue weighted by Crippen LogP contribution is -2.39.